The molecule has 3 aromatic rings. The van der Waals surface area contributed by atoms with Crippen LogP contribution in [0.15, 0.2) is 24.5 Å². The fourth-order valence-corrected chi connectivity index (χ4v) is 5.90. The van der Waals surface area contributed by atoms with E-state index in [0.29, 0.717) is 49.9 Å². The molecule has 0 spiro atoms. The number of aromatic nitrogens is 4. The molecule has 9 nitrogen and oxygen atoms in total. The third-order valence-corrected chi connectivity index (χ3v) is 8.54. The highest BCUT2D eigenvalue weighted by Crippen LogP contribution is 2.53. The van der Waals surface area contributed by atoms with Crippen molar-refractivity contribution in [1.29, 1.82) is 4.78 Å². The SMILES string of the molecule is CC(C)Oc1cnc2[nH]ccc2c1-c1nc(N2CCOC[C@H]2C)cc(C2(S(C)(=N)=O)CC2)n1. The average molecular weight is 471 g/mol. The molecule has 0 aromatic carbocycles. The maximum absolute atomic E-state index is 13.0. The molecule has 0 amide bonds. The van der Waals surface area contributed by atoms with Crippen LogP contribution in [0.25, 0.3) is 22.4 Å². The first-order chi connectivity index (χ1) is 15.7. The second-order valence-electron chi connectivity index (χ2n) is 9.29. The quantitative estimate of drug-likeness (QED) is 0.564. The molecular formula is C23H30N6O3S. The van der Waals surface area contributed by atoms with Crippen molar-refractivity contribution in [3.05, 3.63) is 30.2 Å². The monoisotopic (exact) mass is 470 g/mol. The van der Waals surface area contributed by atoms with E-state index in [4.69, 9.17) is 24.2 Å². The predicted molar refractivity (Wildman–Crippen MR) is 128 cm³/mol. The van der Waals surface area contributed by atoms with Crippen LogP contribution >= 0.6 is 0 Å². The third kappa shape index (κ3) is 3.85. The van der Waals surface area contributed by atoms with Gasteiger partial charge < -0.3 is 19.4 Å². The molecule has 0 bridgehead atoms. The van der Waals surface area contributed by atoms with Crippen LogP contribution in [0, 0.1) is 4.78 Å². The Labute approximate surface area is 193 Å². The van der Waals surface area contributed by atoms with E-state index < -0.39 is 14.5 Å². The highest BCUT2D eigenvalue weighted by molar-refractivity contribution is 7.92. The molecular weight excluding hydrogens is 440 g/mol. The van der Waals surface area contributed by atoms with Gasteiger partial charge in [0.25, 0.3) is 0 Å². The zero-order valence-corrected chi connectivity index (χ0v) is 20.2. The first-order valence-corrected chi connectivity index (χ1v) is 13.3. The molecule has 2 N–H and O–H groups in total. The van der Waals surface area contributed by atoms with Gasteiger partial charge in [0.15, 0.2) is 5.82 Å². The van der Waals surface area contributed by atoms with E-state index in [-0.39, 0.29) is 12.1 Å². The lowest BCUT2D eigenvalue weighted by Crippen LogP contribution is -2.44. The van der Waals surface area contributed by atoms with Gasteiger partial charge in [-0.1, -0.05) is 0 Å². The van der Waals surface area contributed by atoms with Crippen molar-refractivity contribution in [3.8, 4) is 17.1 Å². The number of fused-ring (bicyclic) bond motifs is 1. The summed E-state index contributed by atoms with van der Waals surface area (Å²) in [6.45, 7) is 7.97. The molecule has 1 aliphatic carbocycles. The zero-order chi connectivity index (χ0) is 23.4. The summed E-state index contributed by atoms with van der Waals surface area (Å²) in [6.07, 6.45) is 6.36. The Kier molecular flexibility index (Phi) is 5.32. The van der Waals surface area contributed by atoms with Gasteiger partial charge in [-0.3, -0.25) is 4.78 Å². The van der Waals surface area contributed by atoms with Gasteiger partial charge in [-0.2, -0.15) is 0 Å². The topological polar surface area (TPSA) is 117 Å². The minimum Gasteiger partial charge on any atom is -0.489 e. The Hall–Kier alpha value is -2.72. The van der Waals surface area contributed by atoms with Crippen LogP contribution in [-0.4, -0.2) is 62.3 Å². The van der Waals surface area contributed by atoms with E-state index >= 15 is 0 Å². The van der Waals surface area contributed by atoms with Gasteiger partial charge in [0.2, 0.25) is 0 Å². The molecule has 2 atom stereocenters. The van der Waals surface area contributed by atoms with Gasteiger partial charge >= 0.3 is 0 Å². The molecule has 4 heterocycles. The first kappa shape index (κ1) is 22.1. The maximum atomic E-state index is 13.0. The van der Waals surface area contributed by atoms with E-state index in [1.165, 1.54) is 6.26 Å². The van der Waals surface area contributed by atoms with Crippen molar-refractivity contribution in [2.75, 3.05) is 30.9 Å². The summed E-state index contributed by atoms with van der Waals surface area (Å²) in [4.78, 5) is 19.8. The number of nitrogens with zero attached hydrogens (tertiary/aromatic N) is 4. The summed E-state index contributed by atoms with van der Waals surface area (Å²) < 4.78 is 32.4. The van der Waals surface area contributed by atoms with Gasteiger partial charge in [-0.25, -0.2) is 19.2 Å². The number of hydrogen-bond donors (Lipinski definition) is 2. The highest BCUT2D eigenvalue weighted by Gasteiger charge is 2.53. The molecule has 1 unspecified atom stereocenters. The lowest BCUT2D eigenvalue weighted by atomic mass is 10.1. The lowest BCUT2D eigenvalue weighted by molar-refractivity contribution is 0.0985. The molecule has 176 valence electrons. The highest BCUT2D eigenvalue weighted by atomic mass is 32.2. The van der Waals surface area contributed by atoms with Crippen LogP contribution in [0.2, 0.25) is 0 Å². The Morgan fingerprint density at radius 1 is 1.36 bits per heavy atom. The molecule has 2 aliphatic rings. The summed E-state index contributed by atoms with van der Waals surface area (Å²) in [5, 5.41) is 0.860. The van der Waals surface area contributed by atoms with Crippen molar-refractivity contribution < 1.29 is 13.7 Å². The lowest BCUT2D eigenvalue weighted by Gasteiger charge is -2.35. The van der Waals surface area contributed by atoms with Gasteiger partial charge in [0, 0.05) is 30.4 Å². The number of nitrogens with one attached hydrogen (secondary N) is 2. The smallest absolute Gasteiger partial charge is 0.166 e. The number of aromatic amines is 1. The van der Waals surface area contributed by atoms with Crippen molar-refractivity contribution in [2.45, 2.75) is 50.5 Å². The molecule has 5 rings (SSSR count). The molecule has 10 heteroatoms. The van der Waals surface area contributed by atoms with Crippen LogP contribution in [-0.2, 0) is 19.2 Å². The molecule has 0 radical (unpaired) electrons. The van der Waals surface area contributed by atoms with Crippen LogP contribution in [0.5, 0.6) is 5.75 Å². The van der Waals surface area contributed by atoms with Crippen molar-refractivity contribution in [2.24, 2.45) is 0 Å². The molecule has 2 fully saturated rings. The average Bonchev–Trinajstić information content (AvgIpc) is 3.46. The van der Waals surface area contributed by atoms with E-state index in [0.717, 1.165) is 22.4 Å². The Bertz CT molecular complexity index is 1300. The molecule has 1 saturated carbocycles. The second kappa shape index (κ2) is 7.95. The summed E-state index contributed by atoms with van der Waals surface area (Å²) in [5.74, 6) is 1.86. The number of H-pyrrole nitrogens is 1. The Morgan fingerprint density at radius 2 is 2.15 bits per heavy atom. The molecule has 33 heavy (non-hydrogen) atoms. The summed E-state index contributed by atoms with van der Waals surface area (Å²) in [5.41, 5.74) is 2.14. The van der Waals surface area contributed by atoms with Crippen molar-refractivity contribution in [1.82, 2.24) is 19.9 Å². The zero-order valence-electron chi connectivity index (χ0n) is 19.4. The predicted octanol–water partition coefficient (Wildman–Crippen LogP) is 3.70. The fourth-order valence-electron chi connectivity index (χ4n) is 4.52. The maximum Gasteiger partial charge on any atom is 0.166 e. The van der Waals surface area contributed by atoms with Crippen LogP contribution in [0.3, 0.4) is 0 Å². The molecule has 3 aromatic heterocycles. The van der Waals surface area contributed by atoms with Gasteiger partial charge in [0.1, 0.15) is 17.2 Å². The Morgan fingerprint density at radius 3 is 2.82 bits per heavy atom. The van der Waals surface area contributed by atoms with Gasteiger partial charge in [-0.05, 0) is 39.7 Å². The number of ether oxygens (including phenoxy) is 2. The normalized spacial score (nSPS) is 21.8. The van der Waals surface area contributed by atoms with Crippen LogP contribution < -0.4 is 9.64 Å². The minimum absolute atomic E-state index is 0.0544. The number of rotatable bonds is 6. The van der Waals surface area contributed by atoms with E-state index in [1.54, 1.807) is 6.20 Å². The van der Waals surface area contributed by atoms with E-state index in [2.05, 4.69) is 21.8 Å². The van der Waals surface area contributed by atoms with Gasteiger partial charge in [0.05, 0.1) is 57.3 Å². The molecule has 1 saturated heterocycles. The summed E-state index contributed by atoms with van der Waals surface area (Å²) in [7, 11) is -2.85. The fraction of sp³-hybridized carbons (Fsp3) is 0.522. The summed E-state index contributed by atoms with van der Waals surface area (Å²) >= 11 is 0. The van der Waals surface area contributed by atoms with E-state index in [1.807, 2.05) is 32.2 Å². The van der Waals surface area contributed by atoms with Crippen LogP contribution in [0.4, 0.5) is 5.82 Å². The van der Waals surface area contributed by atoms with Crippen LogP contribution in [0.1, 0.15) is 39.3 Å². The number of pyridine rings is 1. The third-order valence-electron chi connectivity index (χ3n) is 6.43. The summed E-state index contributed by atoms with van der Waals surface area (Å²) in [6, 6.07) is 4.01. The largest absolute Gasteiger partial charge is 0.489 e. The second-order valence-corrected chi connectivity index (χ2v) is 11.8. The number of hydrogen-bond acceptors (Lipinski definition) is 8. The minimum atomic E-state index is -2.85. The van der Waals surface area contributed by atoms with Gasteiger partial charge in [-0.15, -0.1) is 0 Å². The number of morpholine rings is 1. The van der Waals surface area contributed by atoms with E-state index in [9.17, 15) is 4.21 Å². The number of anilines is 1. The first-order valence-electron chi connectivity index (χ1n) is 11.3. The standard InChI is InChI=1S/C23H30N6O3S/c1-14(2)32-17-12-26-21-16(5-8-25-21)20(17)22-27-18(23(6-7-23)33(4,24)30)11-19(28-22)29-9-10-31-13-15(29)3/h5,8,11-12,14-15,24H,6-7,9-10,13H2,1-4H3,(H,25,26)/t15-,33?/m1/s1. The van der Waals surface area contributed by atoms with Crippen molar-refractivity contribution in [3.63, 3.8) is 0 Å². The Balaban J connectivity index is 1.75. The molecule has 1 aliphatic heterocycles. The van der Waals surface area contributed by atoms with Crippen molar-refractivity contribution >= 4 is 26.6 Å².